The maximum atomic E-state index is 12.4. The standard InChI is InChI=1S/C20H16ClF2N5O/c21-18-4-1-15(9-25-18)27-20-17-3-2-16(7-14(17)5-6-24-20)29-12-13-8-26-28(10-13)11-19(22)23/h1-10,19H,11-12H2,(H,24,27). The molecule has 0 bridgehead atoms. The molecule has 0 aliphatic heterocycles. The van der Waals surface area contributed by atoms with Crippen molar-refractivity contribution in [1.29, 1.82) is 0 Å². The SMILES string of the molecule is FC(F)Cn1cc(COc2ccc3c(Nc4ccc(Cl)nc4)nccc3c2)cn1. The molecule has 1 aromatic carbocycles. The van der Waals surface area contributed by atoms with E-state index in [2.05, 4.69) is 20.4 Å². The first kappa shape index (κ1) is 19.1. The van der Waals surface area contributed by atoms with E-state index in [-0.39, 0.29) is 6.61 Å². The zero-order valence-electron chi connectivity index (χ0n) is 15.1. The Morgan fingerprint density at radius 2 is 2.00 bits per heavy atom. The van der Waals surface area contributed by atoms with E-state index in [1.165, 1.54) is 10.9 Å². The summed E-state index contributed by atoms with van der Waals surface area (Å²) < 4.78 is 31.8. The number of halogens is 3. The van der Waals surface area contributed by atoms with E-state index in [0.717, 1.165) is 22.0 Å². The predicted octanol–water partition coefficient (Wildman–Crippen LogP) is 5.07. The van der Waals surface area contributed by atoms with Crippen molar-refractivity contribution in [3.05, 3.63) is 71.9 Å². The minimum Gasteiger partial charge on any atom is -0.489 e. The van der Waals surface area contributed by atoms with Crippen LogP contribution in [0.25, 0.3) is 10.8 Å². The van der Waals surface area contributed by atoms with E-state index in [4.69, 9.17) is 16.3 Å². The summed E-state index contributed by atoms with van der Waals surface area (Å²) in [6.45, 7) is -0.191. The van der Waals surface area contributed by atoms with E-state index in [0.29, 0.717) is 16.7 Å². The summed E-state index contributed by atoms with van der Waals surface area (Å²) >= 11 is 5.82. The molecule has 0 saturated carbocycles. The van der Waals surface area contributed by atoms with E-state index >= 15 is 0 Å². The van der Waals surface area contributed by atoms with Crippen molar-refractivity contribution in [3.8, 4) is 5.75 Å². The minimum absolute atomic E-state index is 0.237. The third-order valence-corrected chi connectivity index (χ3v) is 4.37. The molecule has 4 aromatic rings. The summed E-state index contributed by atoms with van der Waals surface area (Å²) in [5.74, 6) is 1.34. The fourth-order valence-corrected chi connectivity index (χ4v) is 2.93. The number of benzene rings is 1. The van der Waals surface area contributed by atoms with E-state index < -0.39 is 13.0 Å². The summed E-state index contributed by atoms with van der Waals surface area (Å²) in [5.41, 5.74) is 1.49. The zero-order valence-corrected chi connectivity index (χ0v) is 15.9. The molecule has 0 fully saturated rings. The zero-order chi connectivity index (χ0) is 20.2. The quantitative estimate of drug-likeness (QED) is 0.427. The summed E-state index contributed by atoms with van der Waals surface area (Å²) in [6.07, 6.45) is 3.97. The second-order valence-corrected chi connectivity index (χ2v) is 6.67. The van der Waals surface area contributed by atoms with Gasteiger partial charge in [-0.05, 0) is 41.8 Å². The highest BCUT2D eigenvalue weighted by atomic mass is 35.5. The van der Waals surface area contributed by atoms with Gasteiger partial charge in [0.15, 0.2) is 0 Å². The van der Waals surface area contributed by atoms with Gasteiger partial charge in [0.25, 0.3) is 6.43 Å². The van der Waals surface area contributed by atoms with Crippen LogP contribution in [0, 0.1) is 0 Å². The first-order valence-corrected chi connectivity index (χ1v) is 9.14. The fourth-order valence-electron chi connectivity index (χ4n) is 2.82. The van der Waals surface area contributed by atoms with E-state index in [1.807, 2.05) is 30.3 Å². The Labute approximate surface area is 170 Å². The molecule has 3 heterocycles. The van der Waals surface area contributed by atoms with Crippen LogP contribution in [0.4, 0.5) is 20.3 Å². The van der Waals surface area contributed by atoms with E-state index in [1.54, 1.807) is 24.7 Å². The van der Waals surface area contributed by atoms with Crippen LogP contribution >= 0.6 is 11.6 Å². The first-order valence-electron chi connectivity index (χ1n) is 8.76. The monoisotopic (exact) mass is 415 g/mol. The molecular formula is C20H16ClF2N5O. The summed E-state index contributed by atoms with van der Waals surface area (Å²) in [6, 6.07) is 11.0. The Morgan fingerprint density at radius 3 is 2.79 bits per heavy atom. The lowest BCUT2D eigenvalue weighted by molar-refractivity contribution is 0.121. The Morgan fingerprint density at radius 1 is 1.10 bits per heavy atom. The van der Waals surface area contributed by atoms with Crippen LogP contribution in [0.3, 0.4) is 0 Å². The molecule has 1 N–H and O–H groups in total. The number of nitrogens with zero attached hydrogens (tertiary/aromatic N) is 4. The molecule has 9 heteroatoms. The lowest BCUT2D eigenvalue weighted by Crippen LogP contribution is -2.06. The first-order chi connectivity index (χ1) is 14.1. The second kappa shape index (κ2) is 8.40. The Balaban J connectivity index is 1.48. The molecule has 6 nitrogen and oxygen atoms in total. The van der Waals surface area contributed by atoms with Gasteiger partial charge in [-0.15, -0.1) is 0 Å². The van der Waals surface area contributed by atoms with Crippen molar-refractivity contribution >= 4 is 33.9 Å². The lowest BCUT2D eigenvalue weighted by Gasteiger charge is -2.10. The molecule has 0 aliphatic rings. The van der Waals surface area contributed by atoms with Gasteiger partial charge in [-0.25, -0.2) is 18.7 Å². The number of hydrogen-bond acceptors (Lipinski definition) is 5. The number of nitrogens with one attached hydrogen (secondary N) is 1. The molecule has 0 saturated heterocycles. The van der Waals surface area contributed by atoms with Gasteiger partial charge >= 0.3 is 0 Å². The van der Waals surface area contributed by atoms with Crippen LogP contribution < -0.4 is 10.1 Å². The minimum atomic E-state index is -2.44. The van der Waals surface area contributed by atoms with E-state index in [9.17, 15) is 8.78 Å². The molecular weight excluding hydrogens is 400 g/mol. The molecule has 0 atom stereocenters. The number of hydrogen-bond donors (Lipinski definition) is 1. The third-order valence-electron chi connectivity index (χ3n) is 4.14. The van der Waals surface area contributed by atoms with Crippen molar-refractivity contribution < 1.29 is 13.5 Å². The average molecular weight is 416 g/mol. The lowest BCUT2D eigenvalue weighted by atomic mass is 10.1. The van der Waals surface area contributed by atoms with Gasteiger partial charge in [-0.3, -0.25) is 4.68 Å². The van der Waals surface area contributed by atoms with Crippen molar-refractivity contribution in [1.82, 2.24) is 19.7 Å². The molecule has 29 heavy (non-hydrogen) atoms. The largest absolute Gasteiger partial charge is 0.489 e. The molecule has 148 valence electrons. The van der Waals surface area contributed by atoms with Crippen LogP contribution in [0.15, 0.2) is 61.2 Å². The van der Waals surface area contributed by atoms with Gasteiger partial charge in [-0.2, -0.15) is 5.10 Å². The number of pyridine rings is 2. The molecule has 0 amide bonds. The van der Waals surface area contributed by atoms with Gasteiger partial charge < -0.3 is 10.1 Å². The van der Waals surface area contributed by atoms with Crippen molar-refractivity contribution in [2.45, 2.75) is 19.6 Å². The third kappa shape index (κ3) is 4.78. The molecule has 0 aliphatic carbocycles. The van der Waals surface area contributed by atoms with Gasteiger partial charge in [0, 0.05) is 23.3 Å². The number of fused-ring (bicyclic) bond motifs is 1. The Kier molecular flexibility index (Phi) is 5.53. The number of rotatable bonds is 7. The topological polar surface area (TPSA) is 64.9 Å². The average Bonchev–Trinajstić information content (AvgIpc) is 3.15. The number of alkyl halides is 2. The Hall–Kier alpha value is -3.26. The highest BCUT2D eigenvalue weighted by Gasteiger charge is 2.08. The molecule has 4 rings (SSSR count). The van der Waals surface area contributed by atoms with Crippen molar-refractivity contribution in [2.75, 3.05) is 5.32 Å². The van der Waals surface area contributed by atoms with Gasteiger partial charge in [0.05, 0.1) is 18.1 Å². The maximum absolute atomic E-state index is 12.4. The highest BCUT2D eigenvalue weighted by Crippen LogP contribution is 2.28. The predicted molar refractivity (Wildman–Crippen MR) is 107 cm³/mol. The van der Waals surface area contributed by atoms with Crippen LogP contribution in [0.5, 0.6) is 5.75 Å². The van der Waals surface area contributed by atoms with Gasteiger partial charge in [0.2, 0.25) is 0 Å². The van der Waals surface area contributed by atoms with Gasteiger partial charge in [0.1, 0.15) is 29.9 Å². The number of anilines is 2. The summed E-state index contributed by atoms with van der Waals surface area (Å²) in [7, 11) is 0. The molecule has 0 unspecified atom stereocenters. The second-order valence-electron chi connectivity index (χ2n) is 6.29. The highest BCUT2D eigenvalue weighted by molar-refractivity contribution is 6.29. The number of ether oxygens (including phenoxy) is 1. The maximum Gasteiger partial charge on any atom is 0.257 e. The van der Waals surface area contributed by atoms with Crippen LogP contribution in [-0.2, 0) is 13.2 Å². The Bertz CT molecular complexity index is 1120. The van der Waals surface area contributed by atoms with Crippen molar-refractivity contribution in [2.24, 2.45) is 0 Å². The van der Waals surface area contributed by atoms with Crippen molar-refractivity contribution in [3.63, 3.8) is 0 Å². The molecule has 0 spiro atoms. The summed E-state index contributed by atoms with van der Waals surface area (Å²) in [5, 5.41) is 9.40. The van der Waals surface area contributed by atoms with Crippen LogP contribution in [-0.4, -0.2) is 26.2 Å². The smallest absolute Gasteiger partial charge is 0.257 e. The molecule has 0 radical (unpaired) electrons. The summed E-state index contributed by atoms with van der Waals surface area (Å²) in [4.78, 5) is 8.44. The normalized spacial score (nSPS) is 11.2. The van der Waals surface area contributed by atoms with Crippen LogP contribution in [0.1, 0.15) is 5.56 Å². The number of aromatic nitrogens is 4. The molecule has 3 aromatic heterocycles. The fraction of sp³-hybridized carbons (Fsp3) is 0.150. The van der Waals surface area contributed by atoms with Crippen LogP contribution in [0.2, 0.25) is 5.15 Å². The van der Waals surface area contributed by atoms with Gasteiger partial charge in [-0.1, -0.05) is 11.6 Å².